The number of likely N-dealkylation sites (tertiary alicyclic amines) is 1. The molecule has 1 fully saturated rings. The van der Waals surface area contributed by atoms with E-state index >= 15 is 0 Å². The molecule has 2 aliphatic heterocycles. The molecule has 1 saturated heterocycles. The second-order valence-electron chi connectivity index (χ2n) is 5.16. The molecule has 3 heterocycles. The molecule has 1 aromatic heterocycles. The summed E-state index contributed by atoms with van der Waals surface area (Å²) in [5.74, 6) is 0.959. The zero-order valence-electron chi connectivity index (χ0n) is 10.4. The lowest BCUT2D eigenvalue weighted by molar-refractivity contribution is 0.178. The van der Waals surface area contributed by atoms with Gasteiger partial charge in [-0.25, -0.2) is 0 Å². The van der Waals surface area contributed by atoms with Crippen LogP contribution >= 0.6 is 12.2 Å². The Morgan fingerprint density at radius 3 is 3.00 bits per heavy atom. The first-order valence-electron chi connectivity index (χ1n) is 6.35. The molecule has 0 unspecified atom stereocenters. The number of hydrogen-bond donors (Lipinski definition) is 1. The van der Waals surface area contributed by atoms with Crippen LogP contribution in [-0.4, -0.2) is 34.7 Å². The maximum absolute atomic E-state index is 11.9. The van der Waals surface area contributed by atoms with E-state index in [0.717, 1.165) is 24.7 Å². The van der Waals surface area contributed by atoms with Gasteiger partial charge in [0, 0.05) is 44.4 Å². The third-order valence-corrected chi connectivity index (χ3v) is 4.44. The van der Waals surface area contributed by atoms with Crippen molar-refractivity contribution in [3.05, 3.63) is 34.2 Å². The van der Waals surface area contributed by atoms with Crippen molar-refractivity contribution in [2.45, 2.75) is 18.9 Å². The molecule has 0 aromatic carbocycles. The van der Waals surface area contributed by atoms with Gasteiger partial charge in [-0.15, -0.1) is 0 Å². The number of fused-ring (bicyclic) bond motifs is 4. The lowest BCUT2D eigenvalue weighted by Crippen LogP contribution is -2.51. The molecule has 1 N–H and O–H groups in total. The Bertz CT molecular complexity index is 539. The first-order chi connectivity index (χ1) is 8.69. The summed E-state index contributed by atoms with van der Waals surface area (Å²) in [7, 11) is 1.87. The molecule has 1 aromatic rings. The summed E-state index contributed by atoms with van der Waals surface area (Å²) in [4.78, 5) is 14.1. The standard InChI is InChI=1S/C13H17N3OS/c1-14-13(18)15-6-9-5-10(8-15)11-3-2-4-12(17)16(11)7-9/h2-4,9-10H,5-8H2,1H3,(H,14,18)/t9-,10-/m0/s1. The van der Waals surface area contributed by atoms with Crippen LogP contribution in [0.5, 0.6) is 0 Å². The van der Waals surface area contributed by atoms with Crippen LogP contribution in [0.25, 0.3) is 0 Å². The fourth-order valence-corrected chi connectivity index (χ4v) is 3.37. The van der Waals surface area contributed by atoms with Crippen molar-refractivity contribution >= 4 is 17.3 Å². The van der Waals surface area contributed by atoms with Crippen molar-refractivity contribution in [3.8, 4) is 0 Å². The summed E-state index contributed by atoms with van der Waals surface area (Å²) in [6.45, 7) is 2.70. The maximum Gasteiger partial charge on any atom is 0.250 e. The van der Waals surface area contributed by atoms with Gasteiger partial charge in [0.25, 0.3) is 5.56 Å². The van der Waals surface area contributed by atoms with Gasteiger partial charge in [-0.3, -0.25) is 4.79 Å². The molecule has 0 aliphatic carbocycles. The van der Waals surface area contributed by atoms with E-state index in [0.29, 0.717) is 11.8 Å². The fraction of sp³-hybridized carbons (Fsp3) is 0.538. The summed E-state index contributed by atoms with van der Waals surface area (Å²) in [5.41, 5.74) is 1.30. The number of pyridine rings is 1. The predicted molar refractivity (Wildman–Crippen MR) is 74.8 cm³/mol. The van der Waals surface area contributed by atoms with Gasteiger partial charge in [-0.05, 0) is 30.6 Å². The lowest BCUT2D eigenvalue weighted by atomic mass is 9.83. The van der Waals surface area contributed by atoms with Gasteiger partial charge in [0.15, 0.2) is 5.11 Å². The monoisotopic (exact) mass is 263 g/mol. The van der Waals surface area contributed by atoms with Crippen LogP contribution in [-0.2, 0) is 6.54 Å². The minimum atomic E-state index is 0.131. The van der Waals surface area contributed by atoms with Crippen LogP contribution in [0.1, 0.15) is 18.0 Å². The summed E-state index contributed by atoms with van der Waals surface area (Å²) >= 11 is 5.32. The molecule has 18 heavy (non-hydrogen) atoms. The number of hydrogen-bond acceptors (Lipinski definition) is 2. The van der Waals surface area contributed by atoms with Gasteiger partial charge in [-0.2, -0.15) is 0 Å². The molecule has 2 aliphatic rings. The summed E-state index contributed by atoms with van der Waals surface area (Å²) in [6, 6.07) is 5.60. The zero-order chi connectivity index (χ0) is 12.7. The quantitative estimate of drug-likeness (QED) is 0.702. The topological polar surface area (TPSA) is 37.3 Å². The van der Waals surface area contributed by atoms with Gasteiger partial charge in [-0.1, -0.05) is 6.07 Å². The largest absolute Gasteiger partial charge is 0.366 e. The van der Waals surface area contributed by atoms with E-state index in [2.05, 4.69) is 16.3 Å². The molecule has 0 radical (unpaired) electrons. The molecule has 5 heteroatoms. The minimum Gasteiger partial charge on any atom is -0.366 e. The van der Waals surface area contributed by atoms with Crippen molar-refractivity contribution in [2.75, 3.05) is 20.1 Å². The Labute approximate surface area is 112 Å². The van der Waals surface area contributed by atoms with Crippen LogP contribution in [0.15, 0.2) is 23.0 Å². The van der Waals surface area contributed by atoms with Gasteiger partial charge in [0.1, 0.15) is 0 Å². The summed E-state index contributed by atoms with van der Waals surface area (Å²) in [6.07, 6.45) is 1.17. The minimum absolute atomic E-state index is 0.131. The Balaban J connectivity index is 1.95. The smallest absolute Gasteiger partial charge is 0.250 e. The number of rotatable bonds is 0. The van der Waals surface area contributed by atoms with Crippen LogP contribution in [0, 0.1) is 5.92 Å². The molecule has 0 saturated carbocycles. The number of piperidine rings is 1. The molecule has 96 valence electrons. The van der Waals surface area contributed by atoms with Crippen molar-refractivity contribution in [1.29, 1.82) is 0 Å². The highest BCUT2D eigenvalue weighted by Gasteiger charge is 2.34. The van der Waals surface area contributed by atoms with E-state index in [9.17, 15) is 4.79 Å². The Morgan fingerprint density at radius 2 is 2.22 bits per heavy atom. The van der Waals surface area contributed by atoms with Gasteiger partial charge >= 0.3 is 0 Å². The fourth-order valence-electron chi connectivity index (χ4n) is 3.22. The van der Waals surface area contributed by atoms with Gasteiger partial charge < -0.3 is 14.8 Å². The van der Waals surface area contributed by atoms with Crippen LogP contribution < -0.4 is 10.9 Å². The average molecular weight is 263 g/mol. The molecule has 4 nitrogen and oxygen atoms in total. The predicted octanol–water partition coefficient (Wildman–Crippen LogP) is 0.772. The van der Waals surface area contributed by atoms with E-state index in [1.54, 1.807) is 6.07 Å². The third-order valence-electron chi connectivity index (χ3n) is 3.98. The van der Waals surface area contributed by atoms with E-state index in [4.69, 9.17) is 12.2 Å². The van der Waals surface area contributed by atoms with Crippen LogP contribution in [0.3, 0.4) is 0 Å². The zero-order valence-corrected chi connectivity index (χ0v) is 11.2. The number of thiocarbonyl (C=S) groups is 1. The van der Waals surface area contributed by atoms with Gasteiger partial charge in [0.2, 0.25) is 0 Å². The Hall–Kier alpha value is -1.36. The average Bonchev–Trinajstić information content (AvgIpc) is 2.39. The van der Waals surface area contributed by atoms with Crippen molar-refractivity contribution in [1.82, 2.24) is 14.8 Å². The Morgan fingerprint density at radius 1 is 1.39 bits per heavy atom. The SMILES string of the molecule is CNC(=S)N1C[C@@H]2C[C@@H](C1)c1cccc(=O)n1C2. The van der Waals surface area contributed by atoms with Crippen molar-refractivity contribution in [2.24, 2.45) is 5.92 Å². The highest BCUT2D eigenvalue weighted by molar-refractivity contribution is 7.80. The first-order valence-corrected chi connectivity index (χ1v) is 6.76. The number of nitrogens with one attached hydrogen (secondary N) is 1. The van der Waals surface area contributed by atoms with E-state index in [1.807, 2.05) is 17.7 Å². The van der Waals surface area contributed by atoms with Crippen molar-refractivity contribution < 1.29 is 0 Å². The second-order valence-corrected chi connectivity index (χ2v) is 5.54. The molecule has 3 rings (SSSR count). The highest BCUT2D eigenvalue weighted by Crippen LogP contribution is 2.34. The molecular formula is C13H17N3OS. The normalized spacial score (nSPS) is 25.5. The van der Waals surface area contributed by atoms with Crippen LogP contribution in [0.4, 0.5) is 0 Å². The molecule has 2 atom stereocenters. The molecular weight excluding hydrogens is 246 g/mol. The van der Waals surface area contributed by atoms with E-state index in [-0.39, 0.29) is 5.56 Å². The van der Waals surface area contributed by atoms with E-state index in [1.165, 1.54) is 12.1 Å². The lowest BCUT2D eigenvalue weighted by Gasteiger charge is -2.43. The Kier molecular flexibility index (Phi) is 2.86. The third kappa shape index (κ3) is 1.82. The maximum atomic E-state index is 11.9. The molecule has 2 bridgehead atoms. The van der Waals surface area contributed by atoms with Crippen LogP contribution in [0.2, 0.25) is 0 Å². The van der Waals surface area contributed by atoms with Gasteiger partial charge in [0.05, 0.1) is 0 Å². The number of nitrogens with zero attached hydrogens (tertiary/aromatic N) is 2. The van der Waals surface area contributed by atoms with Crippen molar-refractivity contribution in [3.63, 3.8) is 0 Å². The van der Waals surface area contributed by atoms with E-state index < -0.39 is 0 Å². The number of aromatic nitrogens is 1. The summed E-state index contributed by atoms with van der Waals surface area (Å²) < 4.78 is 1.94. The molecule has 0 amide bonds. The second kappa shape index (κ2) is 4.39. The first kappa shape index (κ1) is 11.7. The molecule has 0 spiro atoms. The summed E-state index contributed by atoms with van der Waals surface area (Å²) in [5, 5.41) is 3.86. The highest BCUT2D eigenvalue weighted by atomic mass is 32.1.